The molecule has 0 bridgehead atoms. The van der Waals surface area contributed by atoms with Crippen molar-refractivity contribution in [1.29, 1.82) is 0 Å². The van der Waals surface area contributed by atoms with Gasteiger partial charge in [-0.2, -0.15) is 0 Å². The van der Waals surface area contributed by atoms with E-state index in [1.807, 2.05) is 30.3 Å². The lowest BCUT2D eigenvalue weighted by molar-refractivity contribution is -0.150. The van der Waals surface area contributed by atoms with Crippen molar-refractivity contribution in [1.82, 2.24) is 9.88 Å². The molecule has 1 aromatic heterocycles. The minimum absolute atomic E-state index is 0.0546. The Bertz CT molecular complexity index is 734. The molecular weight excluding hydrogens is 319 g/mol. The van der Waals surface area contributed by atoms with E-state index in [9.17, 15) is 14.0 Å². The van der Waals surface area contributed by atoms with Gasteiger partial charge < -0.3 is 10.0 Å². The highest BCUT2D eigenvalue weighted by Crippen LogP contribution is 2.27. The second-order valence-electron chi connectivity index (χ2n) is 5.52. The maximum absolute atomic E-state index is 14.0. The molecule has 2 heterocycles. The van der Waals surface area contributed by atoms with Crippen LogP contribution in [-0.4, -0.2) is 45.6 Å². The van der Waals surface area contributed by atoms with Crippen LogP contribution in [0.15, 0.2) is 35.7 Å². The largest absolute Gasteiger partial charge is 0.479 e. The van der Waals surface area contributed by atoms with Gasteiger partial charge in [-0.25, -0.2) is 14.2 Å². The van der Waals surface area contributed by atoms with Gasteiger partial charge in [-0.05, 0) is 0 Å². The number of amides is 1. The first-order valence-corrected chi connectivity index (χ1v) is 8.06. The summed E-state index contributed by atoms with van der Waals surface area (Å²) >= 11 is 1.44. The molecule has 7 heteroatoms. The molecule has 1 amide bonds. The molecule has 0 spiro atoms. The lowest BCUT2D eigenvalue weighted by atomic mass is 10.1. The number of hydrogen-bond donors (Lipinski definition) is 1. The molecule has 0 radical (unpaired) electrons. The van der Waals surface area contributed by atoms with Crippen LogP contribution in [0.25, 0.3) is 10.6 Å². The van der Waals surface area contributed by atoms with Gasteiger partial charge in [-0.3, -0.25) is 4.79 Å². The minimum Gasteiger partial charge on any atom is -0.479 e. The standard InChI is InChI=1S/C16H15FN2O3S/c17-16(15(21)22)6-7-19(10-16)13(20)8-12-9-23-14(18-12)11-4-2-1-3-5-11/h1-5,9H,6-8,10H2,(H,21,22). The Morgan fingerprint density at radius 3 is 2.74 bits per heavy atom. The van der Waals surface area contributed by atoms with Crippen molar-refractivity contribution in [2.75, 3.05) is 13.1 Å². The first kappa shape index (κ1) is 15.6. The summed E-state index contributed by atoms with van der Waals surface area (Å²) in [6.45, 7) is -0.270. The molecule has 0 saturated carbocycles. The molecule has 2 aromatic rings. The van der Waals surface area contributed by atoms with Crippen molar-refractivity contribution >= 4 is 23.2 Å². The Morgan fingerprint density at radius 2 is 2.09 bits per heavy atom. The third kappa shape index (κ3) is 3.24. The lowest BCUT2D eigenvalue weighted by Gasteiger charge is -2.17. The van der Waals surface area contributed by atoms with Crippen LogP contribution in [0, 0.1) is 0 Å². The molecule has 120 valence electrons. The lowest BCUT2D eigenvalue weighted by Crippen LogP contribution is -2.39. The molecule has 1 aromatic carbocycles. The number of nitrogens with zero attached hydrogens (tertiary/aromatic N) is 2. The van der Waals surface area contributed by atoms with E-state index in [4.69, 9.17) is 5.11 Å². The van der Waals surface area contributed by atoms with Gasteiger partial charge in [-0.15, -0.1) is 11.3 Å². The molecule has 1 atom stereocenters. The topological polar surface area (TPSA) is 70.5 Å². The highest BCUT2D eigenvalue weighted by Gasteiger charge is 2.46. The average molecular weight is 334 g/mol. The van der Waals surface area contributed by atoms with Crippen molar-refractivity contribution < 1.29 is 19.1 Å². The van der Waals surface area contributed by atoms with E-state index < -0.39 is 18.2 Å². The first-order valence-electron chi connectivity index (χ1n) is 7.18. The molecule has 23 heavy (non-hydrogen) atoms. The van der Waals surface area contributed by atoms with Crippen LogP contribution in [0.5, 0.6) is 0 Å². The molecule has 1 aliphatic heterocycles. The Hall–Kier alpha value is -2.28. The molecule has 1 N–H and O–H groups in total. The maximum atomic E-state index is 14.0. The fraction of sp³-hybridized carbons (Fsp3) is 0.312. The van der Waals surface area contributed by atoms with Gasteiger partial charge >= 0.3 is 5.97 Å². The SMILES string of the molecule is O=C(Cc1csc(-c2ccccc2)n1)N1CCC(F)(C(=O)O)C1. The predicted molar refractivity (Wildman–Crippen MR) is 83.9 cm³/mol. The van der Waals surface area contributed by atoms with Crippen LogP contribution in [0.3, 0.4) is 0 Å². The summed E-state index contributed by atoms with van der Waals surface area (Å²) in [7, 11) is 0. The summed E-state index contributed by atoms with van der Waals surface area (Å²) in [6, 6.07) is 9.63. The first-order chi connectivity index (χ1) is 11.0. The Balaban J connectivity index is 1.66. The molecule has 3 rings (SSSR count). The van der Waals surface area contributed by atoms with Crippen LogP contribution in [0.1, 0.15) is 12.1 Å². The molecular formula is C16H15FN2O3S. The number of carboxylic acids is 1. The second-order valence-corrected chi connectivity index (χ2v) is 6.38. The van der Waals surface area contributed by atoms with Gasteiger partial charge in [0.05, 0.1) is 18.7 Å². The van der Waals surface area contributed by atoms with E-state index >= 15 is 0 Å². The van der Waals surface area contributed by atoms with Crippen molar-refractivity contribution in [2.45, 2.75) is 18.5 Å². The molecule has 1 fully saturated rings. The summed E-state index contributed by atoms with van der Waals surface area (Å²) < 4.78 is 14.0. The van der Waals surface area contributed by atoms with Gasteiger partial charge in [0.2, 0.25) is 11.6 Å². The normalized spacial score (nSPS) is 20.7. The fourth-order valence-corrected chi connectivity index (χ4v) is 3.35. The second kappa shape index (κ2) is 6.08. The van der Waals surface area contributed by atoms with Gasteiger partial charge in [0.1, 0.15) is 5.01 Å². The Morgan fingerprint density at radius 1 is 1.35 bits per heavy atom. The number of carbonyl (C=O) groups excluding carboxylic acids is 1. The number of alkyl halides is 1. The van der Waals surface area contributed by atoms with Crippen LogP contribution in [-0.2, 0) is 16.0 Å². The number of thiazole rings is 1. The summed E-state index contributed by atoms with van der Waals surface area (Å²) in [5.41, 5.74) is -0.732. The monoisotopic (exact) mass is 334 g/mol. The number of hydrogen-bond acceptors (Lipinski definition) is 4. The number of rotatable bonds is 4. The zero-order valence-corrected chi connectivity index (χ0v) is 13.1. The smallest absolute Gasteiger partial charge is 0.343 e. The van der Waals surface area contributed by atoms with E-state index in [2.05, 4.69) is 4.98 Å². The number of carbonyl (C=O) groups is 2. The maximum Gasteiger partial charge on any atom is 0.343 e. The minimum atomic E-state index is -2.33. The van der Waals surface area contributed by atoms with Crippen molar-refractivity contribution in [2.24, 2.45) is 0 Å². The third-order valence-corrected chi connectivity index (χ3v) is 4.80. The van der Waals surface area contributed by atoms with E-state index in [0.29, 0.717) is 5.69 Å². The number of halogens is 1. The molecule has 1 saturated heterocycles. The van der Waals surface area contributed by atoms with Crippen LogP contribution >= 0.6 is 11.3 Å². The summed E-state index contributed by atoms with van der Waals surface area (Å²) in [4.78, 5) is 28.8. The van der Waals surface area contributed by atoms with Gasteiger partial charge in [-0.1, -0.05) is 30.3 Å². The molecule has 1 aliphatic rings. The molecule has 5 nitrogen and oxygen atoms in total. The van der Waals surface area contributed by atoms with Gasteiger partial charge in [0, 0.05) is 23.9 Å². The van der Waals surface area contributed by atoms with E-state index in [-0.39, 0.29) is 25.3 Å². The molecule has 1 unspecified atom stereocenters. The Labute approximate surface area is 136 Å². The number of likely N-dealkylation sites (tertiary alicyclic amines) is 1. The van der Waals surface area contributed by atoms with Crippen LogP contribution in [0.2, 0.25) is 0 Å². The number of carboxylic acid groups (broad SMARTS) is 1. The fourth-order valence-electron chi connectivity index (χ4n) is 2.53. The summed E-state index contributed by atoms with van der Waals surface area (Å²) in [5.74, 6) is -1.80. The average Bonchev–Trinajstić information content (AvgIpc) is 3.16. The quantitative estimate of drug-likeness (QED) is 0.932. The van der Waals surface area contributed by atoms with E-state index in [1.165, 1.54) is 16.2 Å². The Kier molecular flexibility index (Phi) is 4.12. The zero-order valence-electron chi connectivity index (χ0n) is 12.2. The van der Waals surface area contributed by atoms with Gasteiger partial charge in [0.15, 0.2) is 0 Å². The van der Waals surface area contributed by atoms with E-state index in [1.54, 1.807) is 5.38 Å². The highest BCUT2D eigenvalue weighted by molar-refractivity contribution is 7.13. The number of benzene rings is 1. The number of aliphatic carboxylic acids is 1. The summed E-state index contributed by atoms with van der Waals surface area (Å²) in [5, 5.41) is 11.5. The van der Waals surface area contributed by atoms with E-state index in [0.717, 1.165) is 10.6 Å². The van der Waals surface area contributed by atoms with Gasteiger partial charge in [0.25, 0.3) is 0 Å². The van der Waals surface area contributed by atoms with Crippen molar-refractivity contribution in [3.63, 3.8) is 0 Å². The number of aromatic nitrogens is 1. The predicted octanol–water partition coefficient (Wildman–Crippen LogP) is 2.38. The highest BCUT2D eigenvalue weighted by atomic mass is 32.1. The third-order valence-electron chi connectivity index (χ3n) is 3.86. The van der Waals surface area contributed by atoms with Crippen molar-refractivity contribution in [3.05, 3.63) is 41.4 Å². The van der Waals surface area contributed by atoms with Crippen LogP contribution in [0.4, 0.5) is 4.39 Å². The zero-order chi connectivity index (χ0) is 16.4. The molecule has 0 aliphatic carbocycles. The van der Waals surface area contributed by atoms with Crippen LogP contribution < -0.4 is 0 Å². The summed E-state index contributed by atoms with van der Waals surface area (Å²) in [6.07, 6.45) is -0.112. The van der Waals surface area contributed by atoms with Crippen molar-refractivity contribution in [3.8, 4) is 10.6 Å².